The number of unbranched alkanes of at least 4 members (excludes halogenated alkanes) is 42. The lowest BCUT2D eigenvalue weighted by Crippen LogP contribution is -2.51. The molecule has 3 atom stereocenters. The Balaban J connectivity index is 5.50. The number of alkyl carbamates (subject to hydrolysis) is 2. The van der Waals surface area contributed by atoms with E-state index in [4.69, 9.17) is 14.6 Å². The summed E-state index contributed by atoms with van der Waals surface area (Å²) in [5.74, 6) is -6.03. The highest BCUT2D eigenvalue weighted by molar-refractivity contribution is 7.99. The average Bonchev–Trinajstić information content (AvgIpc) is 2.57. The predicted molar refractivity (Wildman–Crippen MR) is 372 cm³/mol. The zero-order valence-corrected chi connectivity index (χ0v) is 58.9. The van der Waals surface area contributed by atoms with E-state index in [1.165, 1.54) is 224 Å². The molecule has 0 aromatic rings. The summed E-state index contributed by atoms with van der Waals surface area (Å²) in [5, 5.41) is 35.9. The van der Waals surface area contributed by atoms with Gasteiger partial charge in [-0.1, -0.05) is 290 Å². The van der Waals surface area contributed by atoms with Gasteiger partial charge in [0.25, 0.3) is 0 Å². The Bertz CT molecular complexity index is 1870. The second-order valence-electron chi connectivity index (χ2n) is 25.4. The fourth-order valence-corrected chi connectivity index (χ4v) is 11.9. The molecule has 0 radical (unpaired) electrons. The van der Waals surface area contributed by atoms with Crippen LogP contribution in [0, 0.1) is 0 Å². The smallest absolute Gasteiger partial charge is 0.407 e. The topological polar surface area (TPSA) is 297 Å². The molecule has 0 unspecified atom stereocenters. The van der Waals surface area contributed by atoms with Crippen LogP contribution in [0.4, 0.5) is 9.59 Å². The summed E-state index contributed by atoms with van der Waals surface area (Å²) >= 11 is 1.20. The quantitative estimate of drug-likeness (QED) is 0.0256. The van der Waals surface area contributed by atoms with Gasteiger partial charge in [-0.05, 0) is 25.7 Å². The standard InChI is InChI=1S/C71H133N7O13S/c1-4-7-10-13-16-19-22-25-27-29-32-35-38-41-44-47-52-72-70(88)90-57-60(91-71(89)73-53-48-45-42-39-36-33-30-28-26-23-20-17-14-11-8-5-2)58-92-59-62(78-63(79)49-46-43-40-37-34-31-24-21-18-15-12-9-6-3)68(85)76-55-65(81)74-54-64(80)75-56-66(82)77-61(69(86)87)50-51-67(83)84/h60-62H,4-59H2,1-3H3,(H,72,88)(H,73,89)(H,74,81)(H,75,80)(H,76,85)(H,77,82)(H,78,79)(H,83,84)(H,86,87)/t60-,61+,62+/m1/s1. The highest BCUT2D eigenvalue weighted by Gasteiger charge is 2.25. The van der Waals surface area contributed by atoms with Crippen molar-refractivity contribution in [3.63, 3.8) is 0 Å². The van der Waals surface area contributed by atoms with Gasteiger partial charge in [0.2, 0.25) is 29.5 Å². The van der Waals surface area contributed by atoms with E-state index in [1.807, 2.05) is 0 Å². The van der Waals surface area contributed by atoms with Crippen LogP contribution in [0.15, 0.2) is 0 Å². The first-order chi connectivity index (χ1) is 44.7. The Labute approximate surface area is 561 Å². The molecule has 0 saturated heterocycles. The van der Waals surface area contributed by atoms with E-state index < -0.39 is 92.0 Å². The molecular formula is C71H133N7O13S. The highest BCUT2D eigenvalue weighted by Crippen LogP contribution is 2.18. The van der Waals surface area contributed by atoms with Crippen molar-refractivity contribution in [3.8, 4) is 0 Å². The van der Waals surface area contributed by atoms with E-state index in [0.29, 0.717) is 19.5 Å². The van der Waals surface area contributed by atoms with Crippen molar-refractivity contribution in [2.75, 3.05) is 50.8 Å². The Kier molecular flexibility index (Phi) is 62.7. The second-order valence-corrected chi connectivity index (χ2v) is 26.5. The summed E-state index contributed by atoms with van der Waals surface area (Å²) in [4.78, 5) is 113. The number of hydrogen-bond donors (Lipinski definition) is 9. The van der Waals surface area contributed by atoms with Crippen LogP contribution in [0.2, 0.25) is 0 Å². The zero-order chi connectivity index (χ0) is 67.6. The van der Waals surface area contributed by atoms with Crippen molar-refractivity contribution in [1.29, 1.82) is 0 Å². The molecule has 0 aromatic heterocycles. The lowest BCUT2D eigenvalue weighted by Gasteiger charge is -2.21. The summed E-state index contributed by atoms with van der Waals surface area (Å²) in [6.07, 6.45) is 51.9. The maximum absolute atomic E-state index is 13.7. The van der Waals surface area contributed by atoms with Gasteiger partial charge in [0.05, 0.1) is 19.6 Å². The van der Waals surface area contributed by atoms with E-state index >= 15 is 0 Å². The van der Waals surface area contributed by atoms with Crippen molar-refractivity contribution < 1.29 is 62.8 Å². The Morgan fingerprint density at radius 1 is 0.348 bits per heavy atom. The number of carbonyl (C=O) groups excluding carboxylic acids is 7. The molecule has 0 bridgehead atoms. The van der Waals surface area contributed by atoms with Crippen molar-refractivity contribution in [3.05, 3.63) is 0 Å². The molecule has 0 aliphatic heterocycles. The lowest BCUT2D eigenvalue weighted by atomic mass is 10.0. The molecule has 21 heteroatoms. The molecule has 0 aliphatic rings. The molecule has 0 spiro atoms. The Morgan fingerprint density at radius 2 is 0.685 bits per heavy atom. The first-order valence-electron chi connectivity index (χ1n) is 37.0. The molecule has 20 nitrogen and oxygen atoms in total. The van der Waals surface area contributed by atoms with Crippen molar-refractivity contribution in [2.24, 2.45) is 0 Å². The van der Waals surface area contributed by atoms with Crippen LogP contribution in [0.5, 0.6) is 0 Å². The van der Waals surface area contributed by atoms with Crippen molar-refractivity contribution >= 4 is 65.4 Å². The fraction of sp³-hybridized carbons (Fsp3) is 0.873. The van der Waals surface area contributed by atoms with Crippen LogP contribution in [0.3, 0.4) is 0 Å². The van der Waals surface area contributed by atoms with Gasteiger partial charge in [-0.15, -0.1) is 0 Å². The average molecular weight is 1320 g/mol. The van der Waals surface area contributed by atoms with Gasteiger partial charge in [-0.3, -0.25) is 28.8 Å². The molecule has 0 heterocycles. The summed E-state index contributed by atoms with van der Waals surface area (Å²) in [6, 6.07) is -2.60. The van der Waals surface area contributed by atoms with Crippen LogP contribution in [-0.2, 0) is 43.0 Å². The number of carboxylic acids is 2. The molecule has 0 aliphatic carbocycles. The van der Waals surface area contributed by atoms with Crippen LogP contribution in [-0.4, -0.2) is 133 Å². The first-order valence-corrected chi connectivity index (χ1v) is 38.1. The van der Waals surface area contributed by atoms with Crippen LogP contribution in [0.25, 0.3) is 0 Å². The maximum Gasteiger partial charge on any atom is 0.407 e. The van der Waals surface area contributed by atoms with Gasteiger partial charge in [-0.25, -0.2) is 14.4 Å². The third-order valence-corrected chi connectivity index (χ3v) is 17.8. The van der Waals surface area contributed by atoms with E-state index in [-0.39, 0.29) is 36.9 Å². The van der Waals surface area contributed by atoms with E-state index in [1.54, 1.807) is 0 Å². The van der Waals surface area contributed by atoms with Gasteiger partial charge in [0.1, 0.15) is 24.8 Å². The minimum atomic E-state index is -1.48. The molecular weight excluding hydrogens is 1190 g/mol. The van der Waals surface area contributed by atoms with Crippen LogP contribution >= 0.6 is 11.8 Å². The normalized spacial score (nSPS) is 12.1. The molecule has 9 N–H and O–H groups in total. The number of ether oxygens (including phenoxy) is 2. The minimum Gasteiger partial charge on any atom is -0.481 e. The minimum absolute atomic E-state index is 0.00737. The largest absolute Gasteiger partial charge is 0.481 e. The summed E-state index contributed by atoms with van der Waals surface area (Å²) in [6.45, 7) is 5.56. The summed E-state index contributed by atoms with van der Waals surface area (Å²) in [7, 11) is 0. The number of carboxylic acid groups (broad SMARTS) is 2. The second kappa shape index (κ2) is 66.2. The Morgan fingerprint density at radius 3 is 1.07 bits per heavy atom. The lowest BCUT2D eigenvalue weighted by molar-refractivity contribution is -0.143. The first kappa shape index (κ1) is 87.2. The zero-order valence-electron chi connectivity index (χ0n) is 58.1. The van der Waals surface area contributed by atoms with Crippen molar-refractivity contribution in [1.82, 2.24) is 37.2 Å². The van der Waals surface area contributed by atoms with Crippen molar-refractivity contribution in [2.45, 2.75) is 347 Å². The fourth-order valence-electron chi connectivity index (χ4n) is 10.9. The third-order valence-electron chi connectivity index (χ3n) is 16.6. The van der Waals surface area contributed by atoms with Gasteiger partial charge < -0.3 is 56.9 Å². The Hall–Kier alpha value is -4.82. The number of rotatable bonds is 68. The number of aliphatic carboxylic acids is 2. The molecule has 0 saturated carbocycles. The summed E-state index contributed by atoms with van der Waals surface area (Å²) < 4.78 is 11.4. The number of thioether (sulfide) groups is 1. The SMILES string of the molecule is CCCCCCCCCCCCCCCCCCNC(=O)OC[C@H](CSC[C@H](NC(=O)CCCCCCCCCCCCCCC)C(=O)NCC(=O)NCC(=O)NCC(=O)N[C@@H](CCC(=O)O)C(=O)O)OC(=O)NCCCCCCCCCCCCCCCCCC. The highest BCUT2D eigenvalue weighted by atomic mass is 32.2. The number of carbonyl (C=O) groups is 9. The van der Waals surface area contributed by atoms with E-state index in [9.17, 15) is 48.3 Å². The molecule has 536 valence electrons. The number of amides is 7. The number of hydrogen-bond acceptors (Lipinski definition) is 12. The molecule has 0 aromatic carbocycles. The van der Waals surface area contributed by atoms with Gasteiger partial charge in [-0.2, -0.15) is 11.8 Å². The van der Waals surface area contributed by atoms with Gasteiger partial charge >= 0.3 is 24.1 Å². The monoisotopic (exact) mass is 1320 g/mol. The molecule has 92 heavy (non-hydrogen) atoms. The molecule has 7 amide bonds. The van der Waals surface area contributed by atoms with Gasteiger partial charge in [0.15, 0.2) is 0 Å². The van der Waals surface area contributed by atoms with Gasteiger partial charge in [0, 0.05) is 37.4 Å². The van der Waals surface area contributed by atoms with Crippen LogP contribution < -0.4 is 37.2 Å². The number of nitrogens with one attached hydrogen (secondary N) is 7. The van der Waals surface area contributed by atoms with E-state index in [2.05, 4.69) is 58.0 Å². The third kappa shape index (κ3) is 61.4. The van der Waals surface area contributed by atoms with E-state index in [0.717, 1.165) is 70.6 Å². The predicted octanol–water partition coefficient (Wildman–Crippen LogP) is 14.8. The molecule has 0 rings (SSSR count). The summed E-state index contributed by atoms with van der Waals surface area (Å²) in [5.41, 5.74) is 0. The van der Waals surface area contributed by atoms with Crippen LogP contribution in [0.1, 0.15) is 329 Å². The maximum atomic E-state index is 13.7. The molecule has 0 fully saturated rings.